The second kappa shape index (κ2) is 8.40. The number of benzene rings is 3. The van der Waals surface area contributed by atoms with Crippen LogP contribution in [-0.2, 0) is 11.8 Å². The topological polar surface area (TPSA) is 75.7 Å². The van der Waals surface area contributed by atoms with Gasteiger partial charge in [0.15, 0.2) is 11.5 Å². The molecule has 0 saturated heterocycles. The molecule has 1 N–H and O–H groups in total. The van der Waals surface area contributed by atoms with Crippen LogP contribution in [0.2, 0.25) is 5.02 Å². The Kier molecular flexibility index (Phi) is 5.28. The second-order valence-corrected chi connectivity index (χ2v) is 10.0. The van der Waals surface area contributed by atoms with Gasteiger partial charge in [0.25, 0.3) is 5.91 Å². The van der Waals surface area contributed by atoms with Crippen molar-refractivity contribution in [2.45, 2.75) is 6.04 Å². The van der Waals surface area contributed by atoms with Crippen LogP contribution in [0.3, 0.4) is 0 Å². The number of ketones is 1. The van der Waals surface area contributed by atoms with Gasteiger partial charge in [0.2, 0.25) is 5.78 Å². The molecule has 0 fully saturated rings. The molecule has 0 saturated carbocycles. The maximum atomic E-state index is 13.9. The van der Waals surface area contributed by atoms with Gasteiger partial charge in [-0.15, -0.1) is 0 Å². The lowest BCUT2D eigenvalue weighted by atomic mass is 9.94. The predicted octanol–water partition coefficient (Wildman–Crippen LogP) is 7.12. The number of aliphatic hydroxyl groups is 1. The number of furan rings is 1. The van der Waals surface area contributed by atoms with Crippen LogP contribution in [0, 0.1) is 0 Å². The van der Waals surface area contributed by atoms with Crippen molar-refractivity contribution in [2.24, 2.45) is 7.05 Å². The number of carbonyl (C=O) groups excluding carboxylic acids is 2. The Bertz CT molecular complexity index is 1750. The number of nitrogens with zero attached hydrogens (tertiary/aromatic N) is 2. The lowest BCUT2D eigenvalue weighted by molar-refractivity contribution is -0.117. The largest absolute Gasteiger partial charge is 0.503 e. The van der Waals surface area contributed by atoms with Crippen LogP contribution >= 0.6 is 27.5 Å². The molecule has 0 bridgehead atoms. The van der Waals surface area contributed by atoms with E-state index in [0.717, 1.165) is 20.8 Å². The Labute approximate surface area is 219 Å². The summed E-state index contributed by atoms with van der Waals surface area (Å²) in [6, 6.07) is 20.6. The van der Waals surface area contributed by atoms with E-state index in [1.807, 2.05) is 54.2 Å². The first-order valence-corrected chi connectivity index (χ1v) is 12.3. The van der Waals surface area contributed by atoms with Crippen molar-refractivity contribution in [3.8, 4) is 0 Å². The molecular formula is C28H18BrClN2O4. The Morgan fingerprint density at radius 3 is 2.67 bits per heavy atom. The molecule has 1 amide bonds. The predicted molar refractivity (Wildman–Crippen MR) is 142 cm³/mol. The average Bonchev–Trinajstić information content (AvgIpc) is 3.51. The van der Waals surface area contributed by atoms with E-state index in [1.165, 1.54) is 4.90 Å². The van der Waals surface area contributed by atoms with Crippen molar-refractivity contribution in [3.63, 3.8) is 0 Å². The molecule has 1 aliphatic heterocycles. The Morgan fingerprint density at radius 2 is 1.86 bits per heavy atom. The molecule has 3 aromatic carbocycles. The number of Topliss-reactive ketones (excluding diaryl/α,β-unsaturated/α-hetero) is 1. The molecular weight excluding hydrogens is 544 g/mol. The number of rotatable bonds is 4. The minimum Gasteiger partial charge on any atom is -0.503 e. The highest BCUT2D eigenvalue weighted by Gasteiger charge is 2.46. The summed E-state index contributed by atoms with van der Waals surface area (Å²) in [7, 11) is 1.90. The van der Waals surface area contributed by atoms with Crippen LogP contribution < -0.4 is 4.90 Å². The van der Waals surface area contributed by atoms with Crippen LogP contribution in [-0.4, -0.2) is 21.4 Å². The fourth-order valence-corrected chi connectivity index (χ4v) is 5.44. The number of anilines is 1. The summed E-state index contributed by atoms with van der Waals surface area (Å²) in [5.41, 5.74) is 2.58. The fourth-order valence-electron chi connectivity index (χ4n) is 4.87. The zero-order chi connectivity index (χ0) is 25.1. The number of para-hydroxylation sites is 1. The fraction of sp³-hybridized carbons (Fsp3) is 0.0714. The highest BCUT2D eigenvalue weighted by atomic mass is 79.9. The van der Waals surface area contributed by atoms with Crippen LogP contribution in [0.25, 0.3) is 21.9 Å². The Balaban J connectivity index is 1.57. The summed E-state index contributed by atoms with van der Waals surface area (Å²) in [5, 5.41) is 13.1. The van der Waals surface area contributed by atoms with Crippen molar-refractivity contribution in [1.82, 2.24) is 4.57 Å². The molecule has 178 valence electrons. The molecule has 6 nitrogen and oxygen atoms in total. The number of amides is 1. The molecule has 0 radical (unpaired) electrons. The van der Waals surface area contributed by atoms with Crippen LogP contribution in [0.5, 0.6) is 0 Å². The number of aryl methyl sites for hydroxylation is 1. The van der Waals surface area contributed by atoms with Gasteiger partial charge in [-0.05, 0) is 48.5 Å². The lowest BCUT2D eigenvalue weighted by Crippen LogP contribution is -2.31. The van der Waals surface area contributed by atoms with E-state index >= 15 is 0 Å². The van der Waals surface area contributed by atoms with Crippen LogP contribution in [0.1, 0.15) is 22.2 Å². The maximum Gasteiger partial charge on any atom is 0.294 e. The molecule has 1 aliphatic rings. The minimum atomic E-state index is -0.894. The quantitative estimate of drug-likeness (QED) is 0.237. The molecule has 1 atom stereocenters. The third-order valence-electron chi connectivity index (χ3n) is 6.46. The van der Waals surface area contributed by atoms with E-state index in [1.54, 1.807) is 36.4 Å². The van der Waals surface area contributed by atoms with Gasteiger partial charge in [-0.25, -0.2) is 0 Å². The van der Waals surface area contributed by atoms with E-state index in [4.69, 9.17) is 16.0 Å². The first-order valence-electron chi connectivity index (χ1n) is 11.1. The van der Waals surface area contributed by atoms with Crippen molar-refractivity contribution in [1.29, 1.82) is 0 Å². The second-order valence-electron chi connectivity index (χ2n) is 8.65. The molecule has 0 aliphatic carbocycles. The normalized spacial score (nSPS) is 16.0. The molecule has 2 aromatic heterocycles. The summed E-state index contributed by atoms with van der Waals surface area (Å²) < 4.78 is 8.62. The van der Waals surface area contributed by atoms with E-state index in [2.05, 4.69) is 15.9 Å². The lowest BCUT2D eigenvalue weighted by Gasteiger charge is -2.26. The third kappa shape index (κ3) is 3.46. The highest BCUT2D eigenvalue weighted by molar-refractivity contribution is 9.10. The molecule has 8 heteroatoms. The van der Waals surface area contributed by atoms with Gasteiger partial charge in [0.1, 0.15) is 5.58 Å². The van der Waals surface area contributed by atoms with E-state index < -0.39 is 23.5 Å². The molecule has 36 heavy (non-hydrogen) atoms. The Hall–Kier alpha value is -3.81. The molecule has 5 aromatic rings. The number of hydrogen-bond acceptors (Lipinski definition) is 4. The number of hydrogen-bond donors (Lipinski definition) is 1. The number of aromatic nitrogens is 1. The SMILES string of the molecule is Cn1cc(C2C(C(=O)c3cc4cc(Br)ccc4o3)=C(O)C(=O)N2c2cccc(Cl)c2)c2ccccc21. The summed E-state index contributed by atoms with van der Waals surface area (Å²) in [5.74, 6) is -1.82. The standard InChI is InChI=1S/C28H18BrClN2O4/c1-31-14-20(19-7-2-3-8-21(19)31)25-24(26(33)23-12-15-11-16(29)9-10-22(15)36-23)27(34)28(35)32(25)18-6-4-5-17(30)13-18/h2-14,25,34H,1H3. The molecule has 0 spiro atoms. The van der Waals surface area contributed by atoms with Crippen molar-refractivity contribution in [2.75, 3.05) is 4.90 Å². The summed E-state index contributed by atoms with van der Waals surface area (Å²) in [6.07, 6.45) is 1.88. The van der Waals surface area contributed by atoms with Gasteiger partial charge in [0.05, 0.1) is 11.6 Å². The first kappa shape index (κ1) is 22.6. The minimum absolute atomic E-state index is 0.0376. The van der Waals surface area contributed by atoms with Crippen LogP contribution in [0.15, 0.2) is 99.2 Å². The smallest absolute Gasteiger partial charge is 0.294 e. The number of fused-ring (bicyclic) bond motifs is 2. The zero-order valence-corrected chi connectivity index (χ0v) is 21.2. The van der Waals surface area contributed by atoms with E-state index in [0.29, 0.717) is 21.9 Å². The third-order valence-corrected chi connectivity index (χ3v) is 7.19. The monoisotopic (exact) mass is 560 g/mol. The van der Waals surface area contributed by atoms with Crippen LogP contribution in [0.4, 0.5) is 5.69 Å². The van der Waals surface area contributed by atoms with Gasteiger partial charge >= 0.3 is 0 Å². The first-order chi connectivity index (χ1) is 17.3. The van der Waals surface area contributed by atoms with Gasteiger partial charge < -0.3 is 14.1 Å². The molecule has 3 heterocycles. The summed E-state index contributed by atoms with van der Waals surface area (Å²) >= 11 is 9.68. The molecule has 6 rings (SSSR count). The number of aliphatic hydroxyl groups excluding tert-OH is 1. The Morgan fingerprint density at radius 1 is 1.06 bits per heavy atom. The van der Waals surface area contributed by atoms with E-state index in [-0.39, 0.29) is 11.3 Å². The van der Waals surface area contributed by atoms with Gasteiger partial charge in [-0.3, -0.25) is 14.5 Å². The van der Waals surface area contributed by atoms with Crippen molar-refractivity contribution < 1.29 is 19.1 Å². The van der Waals surface area contributed by atoms with Gasteiger partial charge in [-0.2, -0.15) is 0 Å². The van der Waals surface area contributed by atoms with Gasteiger partial charge in [-0.1, -0.05) is 51.8 Å². The van der Waals surface area contributed by atoms with Gasteiger partial charge in [0, 0.05) is 50.3 Å². The van der Waals surface area contributed by atoms with Crippen molar-refractivity contribution in [3.05, 3.63) is 111 Å². The number of carbonyl (C=O) groups is 2. The average molecular weight is 562 g/mol. The molecule has 1 unspecified atom stereocenters. The maximum absolute atomic E-state index is 13.9. The highest BCUT2D eigenvalue weighted by Crippen LogP contribution is 2.45. The number of halogens is 2. The van der Waals surface area contributed by atoms with E-state index in [9.17, 15) is 14.7 Å². The van der Waals surface area contributed by atoms with Crippen molar-refractivity contribution >= 4 is 66.8 Å². The zero-order valence-electron chi connectivity index (χ0n) is 18.9. The summed E-state index contributed by atoms with van der Waals surface area (Å²) in [4.78, 5) is 28.8. The summed E-state index contributed by atoms with van der Waals surface area (Å²) in [6.45, 7) is 0.